The number of nitrogens with one attached hydrogen (secondary N) is 1. The molecule has 0 radical (unpaired) electrons. The van der Waals surface area contributed by atoms with Crippen LogP contribution >= 0.6 is 0 Å². The van der Waals surface area contributed by atoms with Gasteiger partial charge in [0.05, 0.1) is 12.1 Å². The predicted octanol–water partition coefficient (Wildman–Crippen LogP) is 4.20. The van der Waals surface area contributed by atoms with Crippen molar-refractivity contribution in [2.45, 2.75) is 77.7 Å². The molecule has 2 aromatic carbocycles. The lowest BCUT2D eigenvalue weighted by atomic mass is 9.84. The maximum Gasteiger partial charge on any atom is 0.408 e. The van der Waals surface area contributed by atoms with Crippen LogP contribution in [0.3, 0.4) is 0 Å². The number of hydrogen-bond donors (Lipinski definition) is 3. The van der Waals surface area contributed by atoms with Crippen LogP contribution in [0, 0.1) is 5.41 Å². The first-order valence-corrected chi connectivity index (χ1v) is 12.9. The van der Waals surface area contributed by atoms with Gasteiger partial charge in [0.25, 0.3) is 5.91 Å². The smallest absolute Gasteiger partial charge is 0.408 e. The Morgan fingerprint density at radius 1 is 1.11 bits per heavy atom. The number of hydrogen-bond acceptors (Lipinski definition) is 4. The summed E-state index contributed by atoms with van der Waals surface area (Å²) in [5.41, 5.74) is 1.10. The summed E-state index contributed by atoms with van der Waals surface area (Å²) in [6, 6.07) is 16.4. The molecule has 37 heavy (non-hydrogen) atoms. The summed E-state index contributed by atoms with van der Waals surface area (Å²) >= 11 is 0. The second kappa shape index (κ2) is 12.2. The maximum atomic E-state index is 13.6. The molecule has 1 heterocycles. The van der Waals surface area contributed by atoms with Crippen LogP contribution in [0.5, 0.6) is 0 Å². The normalized spacial score (nSPS) is 19.2. The molecule has 3 rings (SSSR count). The lowest BCUT2D eigenvalue weighted by Crippen LogP contribution is -2.60. The Morgan fingerprint density at radius 2 is 1.70 bits per heavy atom. The van der Waals surface area contributed by atoms with Gasteiger partial charge in [0, 0.05) is 18.5 Å². The SMILES string of the molecule is CCCC[C@@H](C(O)C(=O)N[C@H](C)c1ccccc1)N(C(=O)O)C1C(=O)N(Cc2ccccc2)CC1(C)C. The molecular weight excluding hydrogens is 470 g/mol. The van der Waals surface area contributed by atoms with Gasteiger partial charge in [0.2, 0.25) is 5.91 Å². The van der Waals surface area contributed by atoms with E-state index >= 15 is 0 Å². The zero-order valence-corrected chi connectivity index (χ0v) is 22.1. The van der Waals surface area contributed by atoms with Crippen molar-refractivity contribution >= 4 is 17.9 Å². The third kappa shape index (κ3) is 6.68. The van der Waals surface area contributed by atoms with Crippen molar-refractivity contribution in [3.8, 4) is 0 Å². The number of likely N-dealkylation sites (tertiary alicyclic amines) is 1. The number of carbonyl (C=O) groups excluding carboxylic acids is 2. The van der Waals surface area contributed by atoms with Crippen molar-refractivity contribution in [3.63, 3.8) is 0 Å². The molecule has 2 aromatic rings. The standard InChI is InChI=1S/C29H39N3O5/c1-5-6-17-23(24(33)26(34)30-20(2)22-15-11-8-12-16-22)32(28(36)37)25-27(35)31(19-29(25,3)4)18-21-13-9-7-10-14-21/h7-16,20,23-25,33H,5-6,17-19H2,1-4H3,(H,30,34)(H,36,37)/t20-,23+,24?,25?/m1/s1. The first-order chi connectivity index (χ1) is 17.6. The highest BCUT2D eigenvalue weighted by Crippen LogP contribution is 2.37. The molecule has 8 heteroatoms. The van der Waals surface area contributed by atoms with Crippen LogP contribution in [0.4, 0.5) is 4.79 Å². The molecule has 8 nitrogen and oxygen atoms in total. The Bertz CT molecular complexity index is 1060. The Kier molecular flexibility index (Phi) is 9.32. The molecule has 3 N–H and O–H groups in total. The Balaban J connectivity index is 1.87. The van der Waals surface area contributed by atoms with Gasteiger partial charge in [0.15, 0.2) is 6.10 Å². The topological polar surface area (TPSA) is 110 Å². The Hall–Kier alpha value is -3.39. The zero-order valence-electron chi connectivity index (χ0n) is 22.1. The Labute approximate surface area is 219 Å². The quantitative estimate of drug-likeness (QED) is 0.421. The molecule has 4 atom stereocenters. The third-order valence-electron chi connectivity index (χ3n) is 7.10. The summed E-state index contributed by atoms with van der Waals surface area (Å²) in [6.45, 7) is 8.21. The third-order valence-corrected chi connectivity index (χ3v) is 7.10. The maximum absolute atomic E-state index is 13.6. The highest BCUT2D eigenvalue weighted by molar-refractivity contribution is 5.89. The fourth-order valence-electron chi connectivity index (χ4n) is 5.20. The molecule has 2 unspecified atom stereocenters. The summed E-state index contributed by atoms with van der Waals surface area (Å²) in [7, 11) is 0. The zero-order chi connectivity index (χ0) is 27.2. The molecule has 0 bridgehead atoms. The average molecular weight is 510 g/mol. The van der Waals surface area contributed by atoms with Gasteiger partial charge in [-0.05, 0) is 24.5 Å². The van der Waals surface area contributed by atoms with E-state index in [0.29, 0.717) is 19.5 Å². The molecule has 200 valence electrons. The molecule has 0 aromatic heterocycles. The number of unbranched alkanes of at least 4 members (excludes halogenated alkanes) is 1. The second-order valence-electron chi connectivity index (χ2n) is 10.6. The van der Waals surface area contributed by atoms with Crippen LogP contribution in [-0.4, -0.2) is 62.7 Å². The van der Waals surface area contributed by atoms with E-state index in [0.717, 1.165) is 22.4 Å². The van der Waals surface area contributed by atoms with Gasteiger partial charge in [-0.1, -0.05) is 94.3 Å². The number of rotatable bonds is 11. The van der Waals surface area contributed by atoms with E-state index in [1.54, 1.807) is 11.8 Å². The molecule has 0 saturated carbocycles. The van der Waals surface area contributed by atoms with Gasteiger partial charge in [-0.2, -0.15) is 0 Å². The number of amides is 3. The van der Waals surface area contributed by atoms with Crippen molar-refractivity contribution in [2.24, 2.45) is 5.41 Å². The Morgan fingerprint density at radius 3 is 2.27 bits per heavy atom. The first kappa shape index (κ1) is 28.2. The minimum atomic E-state index is -1.62. The minimum absolute atomic E-state index is 0.260. The van der Waals surface area contributed by atoms with Gasteiger partial charge >= 0.3 is 6.09 Å². The van der Waals surface area contributed by atoms with Gasteiger partial charge in [-0.15, -0.1) is 0 Å². The molecule has 1 fully saturated rings. The monoisotopic (exact) mass is 509 g/mol. The first-order valence-electron chi connectivity index (χ1n) is 12.9. The van der Waals surface area contributed by atoms with Crippen LogP contribution in [-0.2, 0) is 16.1 Å². The molecule has 0 aliphatic carbocycles. The second-order valence-corrected chi connectivity index (χ2v) is 10.6. The number of carboxylic acid groups (broad SMARTS) is 1. The van der Waals surface area contributed by atoms with Gasteiger partial charge in [-0.25, -0.2) is 4.79 Å². The lowest BCUT2D eigenvalue weighted by Gasteiger charge is -2.40. The highest BCUT2D eigenvalue weighted by atomic mass is 16.4. The summed E-state index contributed by atoms with van der Waals surface area (Å²) in [6.07, 6.45) is -1.34. The fourth-order valence-corrected chi connectivity index (χ4v) is 5.20. The van der Waals surface area contributed by atoms with Crippen LogP contribution in [0.1, 0.15) is 64.1 Å². The van der Waals surface area contributed by atoms with E-state index in [2.05, 4.69) is 5.32 Å². The van der Waals surface area contributed by atoms with E-state index in [1.165, 1.54) is 0 Å². The van der Waals surface area contributed by atoms with E-state index in [1.807, 2.05) is 81.4 Å². The van der Waals surface area contributed by atoms with Crippen LogP contribution in [0.25, 0.3) is 0 Å². The van der Waals surface area contributed by atoms with Crippen LogP contribution < -0.4 is 5.32 Å². The van der Waals surface area contributed by atoms with Crippen molar-refractivity contribution in [1.82, 2.24) is 15.1 Å². The van der Waals surface area contributed by atoms with E-state index in [-0.39, 0.29) is 18.4 Å². The summed E-state index contributed by atoms with van der Waals surface area (Å²) in [4.78, 5) is 42.2. The van der Waals surface area contributed by atoms with E-state index in [4.69, 9.17) is 0 Å². The van der Waals surface area contributed by atoms with Gasteiger partial charge in [-0.3, -0.25) is 14.5 Å². The molecule has 3 amide bonds. The lowest BCUT2D eigenvalue weighted by molar-refractivity contribution is -0.139. The molecule has 1 saturated heterocycles. The molecule has 1 aliphatic rings. The number of benzene rings is 2. The highest BCUT2D eigenvalue weighted by Gasteiger charge is 2.53. The number of aliphatic hydroxyl groups is 1. The van der Waals surface area contributed by atoms with Crippen LogP contribution in [0.15, 0.2) is 60.7 Å². The summed E-state index contributed by atoms with van der Waals surface area (Å²) in [5.74, 6) is -0.976. The van der Waals surface area contributed by atoms with Crippen LogP contribution in [0.2, 0.25) is 0 Å². The van der Waals surface area contributed by atoms with Crippen molar-refractivity contribution < 1.29 is 24.6 Å². The van der Waals surface area contributed by atoms with E-state index in [9.17, 15) is 24.6 Å². The summed E-state index contributed by atoms with van der Waals surface area (Å²) < 4.78 is 0. The van der Waals surface area contributed by atoms with Gasteiger partial charge < -0.3 is 20.4 Å². The van der Waals surface area contributed by atoms with Crippen molar-refractivity contribution in [3.05, 3.63) is 71.8 Å². The molecule has 0 spiro atoms. The van der Waals surface area contributed by atoms with Crippen molar-refractivity contribution in [1.29, 1.82) is 0 Å². The number of aliphatic hydroxyl groups excluding tert-OH is 1. The summed E-state index contributed by atoms with van der Waals surface area (Å²) in [5, 5.41) is 24.3. The molecule has 1 aliphatic heterocycles. The largest absolute Gasteiger partial charge is 0.465 e. The average Bonchev–Trinajstić information content (AvgIpc) is 3.09. The predicted molar refractivity (Wildman–Crippen MR) is 142 cm³/mol. The van der Waals surface area contributed by atoms with Crippen molar-refractivity contribution in [2.75, 3.05) is 6.54 Å². The number of carbonyl (C=O) groups is 3. The fraction of sp³-hybridized carbons (Fsp3) is 0.483. The van der Waals surface area contributed by atoms with Gasteiger partial charge in [0.1, 0.15) is 6.04 Å². The molecular formula is C29H39N3O5. The van der Waals surface area contributed by atoms with E-state index < -0.39 is 35.6 Å². The number of nitrogens with zero attached hydrogens (tertiary/aromatic N) is 2. The minimum Gasteiger partial charge on any atom is -0.465 e.